The molecule has 0 aliphatic carbocycles. The van der Waals surface area contributed by atoms with Crippen molar-refractivity contribution < 1.29 is 9.90 Å². The normalized spacial score (nSPS) is 8.62. The molecule has 1 aromatic heterocycles. The number of carbonyl (C=O) groups is 1. The summed E-state index contributed by atoms with van der Waals surface area (Å²) in [5.41, 5.74) is 0.116. The van der Waals surface area contributed by atoms with Gasteiger partial charge >= 0.3 is 5.97 Å². The largest absolute Gasteiger partial charge is 0.478 e. The van der Waals surface area contributed by atoms with Gasteiger partial charge in [-0.05, 0) is 22.0 Å². The molecule has 0 unspecified atom stereocenters. The van der Waals surface area contributed by atoms with Crippen LogP contribution in [0.25, 0.3) is 0 Å². The maximum atomic E-state index is 10.5. The predicted octanol–water partition coefficient (Wildman–Crippen LogP) is 3.22. The van der Waals surface area contributed by atoms with E-state index in [2.05, 4.69) is 20.9 Å². The Balaban J connectivity index is 0.000000671. The first-order valence-corrected chi connectivity index (χ1v) is 4.83. The van der Waals surface area contributed by atoms with Gasteiger partial charge in [0, 0.05) is 6.20 Å². The van der Waals surface area contributed by atoms with Gasteiger partial charge in [0.2, 0.25) is 0 Å². The van der Waals surface area contributed by atoms with E-state index in [1.165, 1.54) is 12.3 Å². The van der Waals surface area contributed by atoms with Crippen molar-refractivity contribution in [3.8, 4) is 0 Å². The van der Waals surface area contributed by atoms with Crippen LogP contribution in [0.1, 0.15) is 24.2 Å². The van der Waals surface area contributed by atoms with Gasteiger partial charge in [-0.25, -0.2) is 9.78 Å². The fourth-order valence-electron chi connectivity index (χ4n) is 0.583. The van der Waals surface area contributed by atoms with Crippen LogP contribution in [0.2, 0.25) is 5.15 Å². The van der Waals surface area contributed by atoms with Gasteiger partial charge in [0.25, 0.3) is 0 Å². The minimum absolute atomic E-state index is 0.116. The van der Waals surface area contributed by atoms with Crippen LogP contribution in [0.15, 0.2) is 16.7 Å². The molecule has 72 valence electrons. The Bertz CT molecular complexity index is 304. The number of hydrogen-bond donors (Lipinski definition) is 1. The third kappa shape index (κ3) is 3.32. The second-order valence-electron chi connectivity index (χ2n) is 1.77. The van der Waals surface area contributed by atoms with E-state index >= 15 is 0 Å². The summed E-state index contributed by atoms with van der Waals surface area (Å²) in [5.74, 6) is -1.03. The fraction of sp³-hybridized carbons (Fsp3) is 0.250. The van der Waals surface area contributed by atoms with Crippen LogP contribution >= 0.6 is 27.5 Å². The summed E-state index contributed by atoms with van der Waals surface area (Å²) < 4.78 is 0.314. The quantitative estimate of drug-likeness (QED) is 0.794. The van der Waals surface area contributed by atoms with E-state index in [0.29, 0.717) is 4.47 Å². The number of rotatable bonds is 1. The zero-order chi connectivity index (χ0) is 10.4. The number of hydrogen-bond acceptors (Lipinski definition) is 2. The summed E-state index contributed by atoms with van der Waals surface area (Å²) in [6.45, 7) is 4.00. The fourth-order valence-corrected chi connectivity index (χ4v) is 1.15. The minimum atomic E-state index is -1.03. The highest BCUT2D eigenvalue weighted by atomic mass is 79.9. The van der Waals surface area contributed by atoms with E-state index in [9.17, 15) is 4.79 Å². The first kappa shape index (κ1) is 12.4. The Morgan fingerprint density at radius 3 is 2.54 bits per heavy atom. The third-order valence-electron chi connectivity index (χ3n) is 1.08. The van der Waals surface area contributed by atoms with Gasteiger partial charge in [0.1, 0.15) is 5.15 Å². The molecule has 0 radical (unpaired) electrons. The topological polar surface area (TPSA) is 50.2 Å². The van der Waals surface area contributed by atoms with Crippen molar-refractivity contribution in [2.24, 2.45) is 0 Å². The lowest BCUT2D eigenvalue weighted by Crippen LogP contribution is -1.98. The van der Waals surface area contributed by atoms with E-state index in [1.807, 2.05) is 13.8 Å². The summed E-state index contributed by atoms with van der Waals surface area (Å²) in [6, 6.07) is 1.37. The lowest BCUT2D eigenvalue weighted by molar-refractivity contribution is 0.0695. The van der Waals surface area contributed by atoms with Gasteiger partial charge in [-0.1, -0.05) is 25.4 Å². The van der Waals surface area contributed by atoms with E-state index in [-0.39, 0.29) is 10.7 Å². The highest BCUT2D eigenvalue weighted by molar-refractivity contribution is 9.10. The number of aromatic nitrogens is 1. The van der Waals surface area contributed by atoms with E-state index < -0.39 is 5.97 Å². The zero-order valence-corrected chi connectivity index (χ0v) is 9.56. The van der Waals surface area contributed by atoms with Gasteiger partial charge in [0.05, 0.1) is 10.0 Å². The van der Waals surface area contributed by atoms with Gasteiger partial charge in [0.15, 0.2) is 0 Å². The van der Waals surface area contributed by atoms with Crippen molar-refractivity contribution in [2.75, 3.05) is 0 Å². The zero-order valence-electron chi connectivity index (χ0n) is 7.21. The van der Waals surface area contributed by atoms with Crippen molar-refractivity contribution in [3.63, 3.8) is 0 Å². The summed E-state index contributed by atoms with van der Waals surface area (Å²) in [7, 11) is 0. The molecule has 0 saturated heterocycles. The van der Waals surface area contributed by atoms with Crippen LogP contribution in [0.4, 0.5) is 0 Å². The molecule has 1 rings (SSSR count). The Morgan fingerprint density at radius 2 is 2.15 bits per heavy atom. The predicted molar refractivity (Wildman–Crippen MR) is 55.3 cm³/mol. The summed E-state index contributed by atoms with van der Waals surface area (Å²) in [4.78, 5) is 14.1. The molecule has 0 amide bonds. The third-order valence-corrected chi connectivity index (χ3v) is 2.39. The van der Waals surface area contributed by atoms with Crippen molar-refractivity contribution >= 4 is 33.5 Å². The summed E-state index contributed by atoms with van der Waals surface area (Å²) in [5, 5.41) is 8.73. The second-order valence-corrected chi connectivity index (χ2v) is 2.92. The molecule has 0 fully saturated rings. The van der Waals surface area contributed by atoms with Crippen LogP contribution in [0, 0.1) is 0 Å². The van der Waals surface area contributed by atoms with Gasteiger partial charge in [-0.15, -0.1) is 0 Å². The molecule has 3 nitrogen and oxygen atoms in total. The molecule has 13 heavy (non-hydrogen) atoms. The Labute approximate surface area is 89.9 Å². The van der Waals surface area contributed by atoms with Crippen LogP contribution in [0.5, 0.6) is 0 Å². The smallest absolute Gasteiger partial charge is 0.337 e. The number of aromatic carboxylic acids is 1. The number of pyridine rings is 1. The molecule has 5 heteroatoms. The van der Waals surface area contributed by atoms with Crippen LogP contribution < -0.4 is 0 Å². The standard InChI is InChI=1S/C6H3BrClNO2.C2H6/c7-4-3(6(10)11)1-2-9-5(4)8;1-2/h1-2H,(H,10,11);1-2H3. The average molecular weight is 267 g/mol. The van der Waals surface area contributed by atoms with E-state index in [1.54, 1.807) is 0 Å². The molecule has 1 heterocycles. The van der Waals surface area contributed by atoms with E-state index in [0.717, 1.165) is 0 Å². The molecule has 0 spiro atoms. The molecule has 0 atom stereocenters. The number of nitrogens with zero attached hydrogens (tertiary/aromatic N) is 1. The maximum absolute atomic E-state index is 10.5. The van der Waals surface area contributed by atoms with Crippen LogP contribution in [-0.4, -0.2) is 16.1 Å². The summed E-state index contributed by atoms with van der Waals surface area (Å²) in [6.07, 6.45) is 1.34. The van der Waals surface area contributed by atoms with E-state index in [4.69, 9.17) is 16.7 Å². The van der Waals surface area contributed by atoms with Gasteiger partial charge in [-0.3, -0.25) is 0 Å². The molecule has 0 bridgehead atoms. The van der Waals surface area contributed by atoms with Crippen LogP contribution in [0.3, 0.4) is 0 Å². The Kier molecular flexibility index (Phi) is 5.66. The van der Waals surface area contributed by atoms with Gasteiger partial charge in [-0.2, -0.15) is 0 Å². The molecule has 0 saturated carbocycles. The van der Waals surface area contributed by atoms with Crippen molar-refractivity contribution in [1.29, 1.82) is 0 Å². The van der Waals surface area contributed by atoms with Crippen molar-refractivity contribution in [2.45, 2.75) is 13.8 Å². The molecular formula is C8H9BrClNO2. The lowest BCUT2D eigenvalue weighted by Gasteiger charge is -1.97. The number of carboxylic acid groups (broad SMARTS) is 1. The highest BCUT2D eigenvalue weighted by Crippen LogP contribution is 2.23. The minimum Gasteiger partial charge on any atom is -0.478 e. The SMILES string of the molecule is CC.O=C(O)c1ccnc(Cl)c1Br. The highest BCUT2D eigenvalue weighted by Gasteiger charge is 2.10. The Morgan fingerprint density at radius 1 is 1.62 bits per heavy atom. The average Bonchev–Trinajstić information content (AvgIpc) is 2.13. The second kappa shape index (κ2) is 5.94. The van der Waals surface area contributed by atoms with Crippen LogP contribution in [-0.2, 0) is 0 Å². The summed E-state index contributed by atoms with van der Waals surface area (Å²) >= 11 is 8.54. The molecule has 1 aromatic rings. The monoisotopic (exact) mass is 265 g/mol. The van der Waals surface area contributed by atoms with Crippen molar-refractivity contribution in [3.05, 3.63) is 27.5 Å². The number of halogens is 2. The molecule has 0 aromatic carbocycles. The molecule has 1 N–H and O–H groups in total. The molecule has 0 aliphatic heterocycles. The first-order chi connectivity index (χ1) is 6.13. The molecular weight excluding hydrogens is 257 g/mol. The Hall–Kier alpha value is -0.610. The van der Waals surface area contributed by atoms with Crippen molar-refractivity contribution in [1.82, 2.24) is 4.98 Å². The molecule has 0 aliphatic rings. The number of carboxylic acids is 1. The maximum Gasteiger partial charge on any atom is 0.337 e. The van der Waals surface area contributed by atoms with Gasteiger partial charge < -0.3 is 5.11 Å². The lowest BCUT2D eigenvalue weighted by atomic mass is 10.3. The first-order valence-electron chi connectivity index (χ1n) is 3.66.